The van der Waals surface area contributed by atoms with Crippen molar-refractivity contribution in [2.24, 2.45) is 35.5 Å². The highest BCUT2D eigenvalue weighted by atomic mass is 35.5. The number of hydrogen-bond donors (Lipinski definition) is 1. The lowest BCUT2D eigenvalue weighted by Crippen LogP contribution is -2.46. The van der Waals surface area contributed by atoms with E-state index in [1.807, 2.05) is 0 Å². The summed E-state index contributed by atoms with van der Waals surface area (Å²) in [6, 6.07) is 3.84. The Morgan fingerprint density at radius 2 is 1.70 bits per heavy atom. The summed E-state index contributed by atoms with van der Waals surface area (Å²) in [5, 5.41) is 3.47. The van der Waals surface area contributed by atoms with Crippen LogP contribution >= 0.6 is 23.2 Å². The van der Waals surface area contributed by atoms with Crippen molar-refractivity contribution < 1.29 is 14.4 Å². The fourth-order valence-corrected chi connectivity index (χ4v) is 5.65. The molecule has 1 saturated heterocycles. The third-order valence-corrected chi connectivity index (χ3v) is 7.21. The quantitative estimate of drug-likeness (QED) is 0.620. The Bertz CT molecular complexity index is 878. The largest absolute Gasteiger partial charge is 0.323 e. The first kappa shape index (κ1) is 17.3. The Morgan fingerprint density at radius 3 is 2.30 bits per heavy atom. The van der Waals surface area contributed by atoms with Gasteiger partial charge in [-0.15, -0.1) is 0 Å². The van der Waals surface area contributed by atoms with Crippen molar-refractivity contribution in [2.75, 3.05) is 5.32 Å². The minimum Gasteiger partial charge on any atom is -0.323 e. The molecule has 2 saturated carbocycles. The Labute approximate surface area is 166 Å². The van der Waals surface area contributed by atoms with Crippen LogP contribution in [-0.4, -0.2) is 28.7 Å². The second kappa shape index (κ2) is 5.82. The van der Waals surface area contributed by atoms with Crippen LogP contribution in [0.15, 0.2) is 30.4 Å². The maximum absolute atomic E-state index is 13.1. The van der Waals surface area contributed by atoms with E-state index in [9.17, 15) is 14.4 Å². The topological polar surface area (TPSA) is 66.5 Å². The summed E-state index contributed by atoms with van der Waals surface area (Å²) < 4.78 is 0. The maximum Gasteiger partial charge on any atom is 0.247 e. The summed E-state index contributed by atoms with van der Waals surface area (Å²) in [5.41, 5.74) is 0.362. The molecule has 0 spiro atoms. The van der Waals surface area contributed by atoms with Gasteiger partial charge in [0.2, 0.25) is 17.7 Å². The standard InChI is InChI=1S/C20H18Cl2N2O3/c1-8(18(25)23-15-6-9(21)2-5-14(15)22)24-19(26)16-10-3-4-11(13-7-12(10)13)17(16)20(24)27/h2-6,8,10-13,16-17H,7H2,1H3,(H,23,25)/t8-,10+,11+,12+,13+,16-,17-/m1/s1. The first-order valence-electron chi connectivity index (χ1n) is 9.19. The molecule has 3 amide bonds. The van der Waals surface area contributed by atoms with Gasteiger partial charge in [0.05, 0.1) is 22.5 Å². The van der Waals surface area contributed by atoms with Crippen molar-refractivity contribution in [3.8, 4) is 0 Å². The van der Waals surface area contributed by atoms with Crippen LogP contribution in [0, 0.1) is 35.5 Å². The molecule has 0 unspecified atom stereocenters. The van der Waals surface area contributed by atoms with Crippen LogP contribution in [0.3, 0.4) is 0 Å². The molecule has 7 heteroatoms. The molecule has 0 aromatic heterocycles. The van der Waals surface area contributed by atoms with E-state index in [1.54, 1.807) is 25.1 Å². The summed E-state index contributed by atoms with van der Waals surface area (Å²) in [5.74, 6) is -0.135. The molecular weight excluding hydrogens is 387 g/mol. The van der Waals surface area contributed by atoms with Gasteiger partial charge in [0.1, 0.15) is 6.04 Å². The van der Waals surface area contributed by atoms with Crippen LogP contribution in [0.1, 0.15) is 13.3 Å². The molecule has 1 heterocycles. The van der Waals surface area contributed by atoms with Gasteiger partial charge in [-0.1, -0.05) is 35.4 Å². The van der Waals surface area contributed by atoms with Gasteiger partial charge < -0.3 is 5.32 Å². The van der Waals surface area contributed by atoms with Gasteiger partial charge in [0.15, 0.2) is 0 Å². The zero-order valence-corrected chi connectivity index (χ0v) is 16.1. The van der Waals surface area contributed by atoms with Crippen LogP contribution in [0.5, 0.6) is 0 Å². The van der Waals surface area contributed by atoms with Crippen LogP contribution in [-0.2, 0) is 14.4 Å². The van der Waals surface area contributed by atoms with Crippen molar-refractivity contribution in [1.82, 2.24) is 4.90 Å². The molecule has 1 aliphatic heterocycles. The SMILES string of the molecule is C[C@H](C(=O)Nc1cc(Cl)ccc1Cl)N1C(=O)[C@@H]2[C@H]3C=C[C@@H]([C@@H]4C[C@@H]34)[C@H]2C1=O. The molecule has 1 aromatic carbocycles. The monoisotopic (exact) mass is 404 g/mol. The number of imide groups is 1. The Kier molecular flexibility index (Phi) is 3.72. The van der Waals surface area contributed by atoms with E-state index in [4.69, 9.17) is 23.2 Å². The third kappa shape index (κ3) is 2.41. The van der Waals surface area contributed by atoms with E-state index < -0.39 is 11.9 Å². The number of halogens is 2. The van der Waals surface area contributed by atoms with Crippen LogP contribution in [0.25, 0.3) is 0 Å². The number of rotatable bonds is 3. The zero-order chi connectivity index (χ0) is 19.0. The van der Waals surface area contributed by atoms with Gasteiger partial charge >= 0.3 is 0 Å². The highest BCUT2D eigenvalue weighted by molar-refractivity contribution is 6.35. The van der Waals surface area contributed by atoms with Gasteiger partial charge in [-0.3, -0.25) is 19.3 Å². The minimum absolute atomic E-state index is 0.143. The maximum atomic E-state index is 13.1. The smallest absolute Gasteiger partial charge is 0.247 e. The third-order valence-electron chi connectivity index (χ3n) is 6.65. The predicted octanol–water partition coefficient (Wildman–Crippen LogP) is 3.37. The second-order valence-corrected chi connectivity index (χ2v) is 8.83. The normalized spacial score (nSPS) is 36.5. The van der Waals surface area contributed by atoms with Crippen LogP contribution in [0.2, 0.25) is 10.0 Å². The van der Waals surface area contributed by atoms with E-state index in [-0.39, 0.29) is 35.5 Å². The number of anilines is 1. The van der Waals surface area contributed by atoms with Crippen molar-refractivity contribution in [3.63, 3.8) is 0 Å². The molecule has 2 bridgehead atoms. The summed E-state index contributed by atoms with van der Waals surface area (Å²) in [6.07, 6.45) is 5.34. The Balaban J connectivity index is 1.39. The van der Waals surface area contributed by atoms with Gasteiger partial charge in [-0.25, -0.2) is 0 Å². The van der Waals surface area contributed by atoms with E-state index >= 15 is 0 Å². The first-order valence-corrected chi connectivity index (χ1v) is 9.95. The van der Waals surface area contributed by atoms with Gasteiger partial charge in [-0.05, 0) is 55.2 Å². The molecule has 1 aromatic rings. The number of nitrogens with zero attached hydrogens (tertiary/aromatic N) is 1. The zero-order valence-electron chi connectivity index (χ0n) is 14.6. The average Bonchev–Trinajstić information content (AvgIpc) is 3.42. The molecule has 4 aliphatic carbocycles. The number of carbonyl (C=O) groups is 3. The number of carbonyl (C=O) groups excluding carboxylic acids is 3. The number of likely N-dealkylation sites (tertiary alicyclic amines) is 1. The van der Waals surface area contributed by atoms with Gasteiger partial charge in [0.25, 0.3) is 0 Å². The van der Waals surface area contributed by atoms with Gasteiger partial charge in [0, 0.05) is 5.02 Å². The summed E-state index contributed by atoms with van der Waals surface area (Å²) in [6.45, 7) is 1.58. The minimum atomic E-state index is -0.902. The second-order valence-electron chi connectivity index (χ2n) is 7.99. The number of hydrogen-bond acceptors (Lipinski definition) is 3. The fraction of sp³-hybridized carbons (Fsp3) is 0.450. The molecule has 6 rings (SSSR count). The van der Waals surface area contributed by atoms with Crippen molar-refractivity contribution in [1.29, 1.82) is 0 Å². The Morgan fingerprint density at radius 1 is 1.11 bits per heavy atom. The first-order chi connectivity index (χ1) is 12.9. The van der Waals surface area contributed by atoms with Crippen molar-refractivity contribution in [2.45, 2.75) is 19.4 Å². The van der Waals surface area contributed by atoms with E-state index in [0.29, 0.717) is 27.6 Å². The summed E-state index contributed by atoms with van der Waals surface area (Å²) in [4.78, 5) is 40.0. The molecule has 5 aliphatic rings. The lowest BCUT2D eigenvalue weighted by Gasteiger charge is -2.37. The number of benzene rings is 1. The predicted molar refractivity (Wildman–Crippen MR) is 101 cm³/mol. The van der Waals surface area contributed by atoms with Gasteiger partial charge in [-0.2, -0.15) is 0 Å². The molecule has 3 fully saturated rings. The molecule has 7 atom stereocenters. The molecule has 27 heavy (non-hydrogen) atoms. The highest BCUT2D eigenvalue weighted by Gasteiger charge is 2.67. The lowest BCUT2D eigenvalue weighted by molar-refractivity contribution is -0.146. The lowest BCUT2D eigenvalue weighted by atomic mass is 9.63. The van der Waals surface area contributed by atoms with Crippen LogP contribution in [0.4, 0.5) is 5.69 Å². The molecule has 140 valence electrons. The van der Waals surface area contributed by atoms with E-state index in [2.05, 4.69) is 17.5 Å². The van der Waals surface area contributed by atoms with Crippen molar-refractivity contribution >= 4 is 46.6 Å². The fourth-order valence-electron chi connectivity index (χ4n) is 5.31. The molecular formula is C20H18Cl2N2O3. The van der Waals surface area contributed by atoms with E-state index in [0.717, 1.165) is 6.42 Å². The Hall–Kier alpha value is -1.85. The highest BCUT2D eigenvalue weighted by Crippen LogP contribution is 2.65. The average molecular weight is 405 g/mol. The number of allylic oxidation sites excluding steroid dienone is 2. The summed E-state index contributed by atoms with van der Waals surface area (Å²) >= 11 is 12.1. The van der Waals surface area contributed by atoms with Crippen LogP contribution < -0.4 is 5.32 Å². The van der Waals surface area contributed by atoms with Crippen molar-refractivity contribution in [3.05, 3.63) is 40.4 Å². The molecule has 5 nitrogen and oxygen atoms in total. The molecule has 1 N–H and O–H groups in total. The summed E-state index contributed by atoms with van der Waals surface area (Å²) in [7, 11) is 0. The molecule has 0 radical (unpaired) electrons. The number of nitrogens with one attached hydrogen (secondary N) is 1. The van der Waals surface area contributed by atoms with E-state index in [1.165, 1.54) is 4.90 Å². The number of amides is 3.